The van der Waals surface area contributed by atoms with E-state index in [-0.39, 0.29) is 17.0 Å². The summed E-state index contributed by atoms with van der Waals surface area (Å²) in [5, 5.41) is 6.53. The molecule has 0 fully saturated rings. The smallest absolute Gasteiger partial charge is 0.268 e. The Labute approximate surface area is 157 Å². The van der Waals surface area contributed by atoms with E-state index in [0.717, 1.165) is 22.5 Å². The summed E-state index contributed by atoms with van der Waals surface area (Å²) in [6.07, 6.45) is 2.39. The molecular formula is C19H21N3O2S2. The number of anilines is 1. The van der Waals surface area contributed by atoms with E-state index in [9.17, 15) is 8.42 Å². The van der Waals surface area contributed by atoms with Gasteiger partial charge >= 0.3 is 0 Å². The van der Waals surface area contributed by atoms with Gasteiger partial charge in [0.05, 0.1) is 10.6 Å². The number of thiophene rings is 1. The maximum atomic E-state index is 13.6. The van der Waals surface area contributed by atoms with Crippen molar-refractivity contribution < 1.29 is 8.42 Å². The van der Waals surface area contributed by atoms with Crippen LogP contribution in [0.4, 0.5) is 5.69 Å². The van der Waals surface area contributed by atoms with E-state index in [1.807, 2.05) is 62.5 Å². The lowest BCUT2D eigenvalue weighted by Gasteiger charge is -2.24. The van der Waals surface area contributed by atoms with Gasteiger partial charge in [-0.2, -0.15) is 5.10 Å². The molecule has 1 unspecified atom stereocenters. The van der Waals surface area contributed by atoms with Crippen molar-refractivity contribution in [2.75, 3.05) is 4.31 Å². The van der Waals surface area contributed by atoms with Crippen LogP contribution >= 0.6 is 11.3 Å². The second kappa shape index (κ2) is 6.25. The third-order valence-electron chi connectivity index (χ3n) is 4.66. The van der Waals surface area contributed by atoms with Gasteiger partial charge in [-0.15, -0.1) is 11.3 Å². The zero-order valence-corrected chi connectivity index (χ0v) is 16.6. The lowest BCUT2D eigenvalue weighted by molar-refractivity contribution is 0.532. The highest BCUT2D eigenvalue weighted by Gasteiger charge is 2.38. The highest BCUT2D eigenvalue weighted by Crippen LogP contribution is 2.39. The molecule has 5 nitrogen and oxygen atoms in total. The van der Waals surface area contributed by atoms with Crippen molar-refractivity contribution in [2.24, 2.45) is 0 Å². The molecule has 0 aliphatic carbocycles. The molecule has 1 aromatic carbocycles. The number of aromatic nitrogens is 2. The van der Waals surface area contributed by atoms with Crippen molar-refractivity contribution in [1.29, 1.82) is 0 Å². The van der Waals surface area contributed by atoms with E-state index >= 15 is 0 Å². The first-order valence-electron chi connectivity index (χ1n) is 8.65. The van der Waals surface area contributed by atoms with Crippen molar-refractivity contribution in [2.45, 2.75) is 44.2 Å². The van der Waals surface area contributed by atoms with Crippen LogP contribution in [-0.4, -0.2) is 24.2 Å². The number of sulfonamides is 1. The van der Waals surface area contributed by atoms with Crippen molar-refractivity contribution >= 4 is 27.0 Å². The number of hydrogen-bond donors (Lipinski definition) is 0. The fourth-order valence-corrected chi connectivity index (χ4v) is 6.04. The van der Waals surface area contributed by atoms with Crippen molar-refractivity contribution in [1.82, 2.24) is 9.78 Å². The summed E-state index contributed by atoms with van der Waals surface area (Å²) in [4.78, 5) is 1.14. The van der Waals surface area contributed by atoms with E-state index in [1.165, 1.54) is 11.3 Å². The van der Waals surface area contributed by atoms with E-state index in [2.05, 4.69) is 5.10 Å². The Morgan fingerprint density at radius 2 is 1.96 bits per heavy atom. The SMILES string of the molecule is CC1Cc2ccccc2N1S(=O)(=O)c1cn(C(C)C)nc1-c1cccs1. The van der Waals surface area contributed by atoms with E-state index < -0.39 is 10.0 Å². The van der Waals surface area contributed by atoms with Crippen LogP contribution in [0.25, 0.3) is 10.6 Å². The topological polar surface area (TPSA) is 55.2 Å². The van der Waals surface area contributed by atoms with Crippen LogP contribution in [0.15, 0.2) is 52.9 Å². The quantitative estimate of drug-likeness (QED) is 0.669. The van der Waals surface area contributed by atoms with Gasteiger partial charge in [-0.05, 0) is 50.3 Å². The molecule has 7 heteroatoms. The molecule has 1 aliphatic heterocycles. The van der Waals surface area contributed by atoms with E-state index in [1.54, 1.807) is 15.2 Å². The fraction of sp³-hybridized carbons (Fsp3) is 0.316. The Bertz CT molecular complexity index is 1040. The van der Waals surface area contributed by atoms with Crippen LogP contribution in [0.1, 0.15) is 32.4 Å². The van der Waals surface area contributed by atoms with Gasteiger partial charge in [0.1, 0.15) is 10.6 Å². The van der Waals surface area contributed by atoms with Gasteiger partial charge in [0.15, 0.2) is 0 Å². The largest absolute Gasteiger partial charge is 0.268 e. The maximum Gasteiger partial charge on any atom is 0.268 e. The maximum absolute atomic E-state index is 13.6. The lowest BCUT2D eigenvalue weighted by Crippen LogP contribution is -2.35. The molecule has 0 saturated carbocycles. The average molecular weight is 388 g/mol. The zero-order valence-electron chi connectivity index (χ0n) is 15.0. The first kappa shape index (κ1) is 17.3. The summed E-state index contributed by atoms with van der Waals surface area (Å²) >= 11 is 1.50. The highest BCUT2D eigenvalue weighted by atomic mass is 32.2. The second-order valence-electron chi connectivity index (χ2n) is 6.88. The third kappa shape index (κ3) is 2.66. The monoisotopic (exact) mass is 387 g/mol. The Morgan fingerprint density at radius 1 is 1.19 bits per heavy atom. The van der Waals surface area contributed by atoms with Gasteiger partial charge in [-0.1, -0.05) is 24.3 Å². The molecule has 1 aliphatic rings. The molecule has 0 saturated heterocycles. The van der Waals surface area contributed by atoms with Gasteiger partial charge in [0.25, 0.3) is 10.0 Å². The molecule has 136 valence electrons. The molecule has 0 N–H and O–H groups in total. The average Bonchev–Trinajstić information content (AvgIpc) is 3.31. The van der Waals surface area contributed by atoms with Gasteiger partial charge in [-0.25, -0.2) is 8.42 Å². The Kier molecular flexibility index (Phi) is 4.16. The van der Waals surface area contributed by atoms with Gasteiger partial charge in [0.2, 0.25) is 0 Å². The van der Waals surface area contributed by atoms with Crippen molar-refractivity contribution in [3.05, 3.63) is 53.5 Å². The van der Waals surface area contributed by atoms with Crippen molar-refractivity contribution in [3.63, 3.8) is 0 Å². The second-order valence-corrected chi connectivity index (χ2v) is 9.61. The summed E-state index contributed by atoms with van der Waals surface area (Å²) < 4.78 is 30.6. The molecule has 3 heterocycles. The summed E-state index contributed by atoms with van der Waals surface area (Å²) in [5.74, 6) is 0. The minimum absolute atomic E-state index is 0.0842. The number of para-hydroxylation sites is 1. The van der Waals surface area contributed by atoms with Crippen molar-refractivity contribution in [3.8, 4) is 10.6 Å². The molecule has 4 rings (SSSR count). The Hall–Kier alpha value is -2.12. The standard InChI is InChI=1S/C19H21N3O2S2/c1-13(2)21-12-18(19(20-21)17-9-6-10-25-17)26(23,24)22-14(3)11-15-7-4-5-8-16(15)22/h4-10,12-14H,11H2,1-3H3. The summed E-state index contributed by atoms with van der Waals surface area (Å²) in [6, 6.07) is 11.5. The summed E-state index contributed by atoms with van der Waals surface area (Å²) in [6.45, 7) is 5.94. The molecule has 26 heavy (non-hydrogen) atoms. The molecule has 0 radical (unpaired) electrons. The number of rotatable bonds is 4. The molecule has 2 aromatic heterocycles. The predicted molar refractivity (Wildman–Crippen MR) is 105 cm³/mol. The van der Waals surface area contributed by atoms with E-state index in [4.69, 9.17) is 0 Å². The van der Waals surface area contributed by atoms with E-state index in [0.29, 0.717) is 5.69 Å². The normalized spacial score (nSPS) is 17.1. The summed E-state index contributed by atoms with van der Waals surface area (Å²) in [5.41, 5.74) is 2.37. The first-order valence-corrected chi connectivity index (χ1v) is 11.0. The Balaban J connectivity index is 1.89. The minimum Gasteiger partial charge on any atom is -0.268 e. The van der Waals surface area contributed by atoms with Gasteiger partial charge in [0, 0.05) is 18.3 Å². The first-order chi connectivity index (χ1) is 12.4. The fourth-order valence-electron chi connectivity index (χ4n) is 3.42. The molecule has 3 aromatic rings. The molecule has 0 spiro atoms. The molecule has 0 bridgehead atoms. The number of benzene rings is 1. The third-order valence-corrected chi connectivity index (χ3v) is 7.47. The van der Waals surface area contributed by atoms with Gasteiger partial charge < -0.3 is 0 Å². The number of fused-ring (bicyclic) bond motifs is 1. The number of nitrogens with zero attached hydrogens (tertiary/aromatic N) is 3. The van der Waals surface area contributed by atoms with Gasteiger partial charge in [-0.3, -0.25) is 8.99 Å². The van der Waals surface area contributed by atoms with Crippen LogP contribution in [-0.2, 0) is 16.4 Å². The van der Waals surface area contributed by atoms with Crippen LogP contribution in [0.5, 0.6) is 0 Å². The van der Waals surface area contributed by atoms with Crippen LogP contribution in [0, 0.1) is 0 Å². The van der Waals surface area contributed by atoms with Crippen LogP contribution < -0.4 is 4.31 Å². The van der Waals surface area contributed by atoms with Crippen LogP contribution in [0.2, 0.25) is 0 Å². The Morgan fingerprint density at radius 3 is 2.65 bits per heavy atom. The zero-order chi connectivity index (χ0) is 18.5. The summed E-state index contributed by atoms with van der Waals surface area (Å²) in [7, 11) is -3.71. The predicted octanol–water partition coefficient (Wildman–Crippen LogP) is 4.33. The highest BCUT2D eigenvalue weighted by molar-refractivity contribution is 7.93. The molecule has 0 amide bonds. The minimum atomic E-state index is -3.71. The molecular weight excluding hydrogens is 366 g/mol. The molecule has 1 atom stereocenters. The van der Waals surface area contributed by atoms with Crippen LogP contribution in [0.3, 0.4) is 0 Å². The number of hydrogen-bond acceptors (Lipinski definition) is 4. The lowest BCUT2D eigenvalue weighted by atomic mass is 10.1.